The van der Waals surface area contributed by atoms with Crippen molar-refractivity contribution in [2.24, 2.45) is 5.16 Å². The van der Waals surface area contributed by atoms with E-state index in [0.717, 1.165) is 18.7 Å². The highest BCUT2D eigenvalue weighted by Gasteiger charge is 2.33. The first-order valence-corrected chi connectivity index (χ1v) is 8.78. The zero-order chi connectivity index (χ0) is 17.9. The fourth-order valence-electron chi connectivity index (χ4n) is 3.35. The number of para-hydroxylation sites is 1. The van der Waals surface area contributed by atoms with Gasteiger partial charge in [-0.25, -0.2) is 4.39 Å². The number of rotatable bonds is 3. The Bertz CT molecular complexity index is 800. The Hall–Kier alpha value is -2.89. The van der Waals surface area contributed by atoms with Gasteiger partial charge in [-0.05, 0) is 29.8 Å². The molecule has 0 radical (unpaired) electrons. The highest BCUT2D eigenvalue weighted by Crippen LogP contribution is 2.21. The maximum Gasteiger partial charge on any atom is 0.267 e. The normalized spacial score (nSPS) is 19.9. The van der Waals surface area contributed by atoms with Crippen LogP contribution in [0, 0.1) is 5.82 Å². The molecular formula is C20H20FN3O2. The molecule has 26 heavy (non-hydrogen) atoms. The number of carbonyl (C=O) groups excluding carboxylic acids is 1. The predicted molar refractivity (Wildman–Crippen MR) is 97.7 cm³/mol. The minimum absolute atomic E-state index is 0.0291. The molecule has 0 aliphatic carbocycles. The van der Waals surface area contributed by atoms with Crippen molar-refractivity contribution in [3.05, 3.63) is 66.0 Å². The summed E-state index contributed by atoms with van der Waals surface area (Å²) in [6.45, 7) is 2.93. The second kappa shape index (κ2) is 7.15. The third-order valence-electron chi connectivity index (χ3n) is 4.83. The molecule has 1 amide bonds. The average Bonchev–Trinajstić information content (AvgIpc) is 3.19. The van der Waals surface area contributed by atoms with Gasteiger partial charge in [-0.15, -0.1) is 0 Å². The van der Waals surface area contributed by atoms with E-state index in [2.05, 4.69) is 22.2 Å². The Kier molecular flexibility index (Phi) is 4.56. The smallest absolute Gasteiger partial charge is 0.267 e. The van der Waals surface area contributed by atoms with Gasteiger partial charge in [0.2, 0.25) is 6.10 Å². The van der Waals surface area contributed by atoms with Gasteiger partial charge in [0, 0.05) is 38.3 Å². The van der Waals surface area contributed by atoms with Gasteiger partial charge < -0.3 is 14.6 Å². The van der Waals surface area contributed by atoms with Gasteiger partial charge in [0.25, 0.3) is 5.91 Å². The van der Waals surface area contributed by atoms with Crippen LogP contribution in [0.2, 0.25) is 0 Å². The molecule has 2 aliphatic heterocycles. The Labute approximate surface area is 151 Å². The standard InChI is InChI=1S/C20H20FN3O2/c21-16-8-6-15(7-9-16)18-14-19(26-22-18)20(25)24-12-10-23(11-13-24)17-4-2-1-3-5-17/h1-9,19H,10-14H2/t19-/m1/s1. The molecule has 5 nitrogen and oxygen atoms in total. The molecule has 1 atom stereocenters. The summed E-state index contributed by atoms with van der Waals surface area (Å²) in [6, 6.07) is 16.3. The molecule has 0 saturated carbocycles. The number of oxime groups is 1. The van der Waals surface area contributed by atoms with Gasteiger partial charge in [-0.2, -0.15) is 0 Å². The summed E-state index contributed by atoms with van der Waals surface area (Å²) in [5, 5.41) is 4.03. The second-order valence-electron chi connectivity index (χ2n) is 6.49. The van der Waals surface area contributed by atoms with E-state index in [1.807, 2.05) is 23.1 Å². The molecular weight excluding hydrogens is 333 g/mol. The predicted octanol–water partition coefficient (Wildman–Crippen LogP) is 2.67. The van der Waals surface area contributed by atoms with E-state index in [9.17, 15) is 9.18 Å². The second-order valence-corrected chi connectivity index (χ2v) is 6.49. The summed E-state index contributed by atoms with van der Waals surface area (Å²) in [7, 11) is 0. The van der Waals surface area contributed by atoms with Gasteiger partial charge in [0.1, 0.15) is 5.82 Å². The summed E-state index contributed by atoms with van der Waals surface area (Å²) in [5.74, 6) is -0.323. The van der Waals surface area contributed by atoms with Crippen LogP contribution >= 0.6 is 0 Å². The van der Waals surface area contributed by atoms with E-state index in [0.29, 0.717) is 25.2 Å². The third-order valence-corrected chi connectivity index (χ3v) is 4.83. The molecule has 0 bridgehead atoms. The minimum Gasteiger partial charge on any atom is -0.382 e. The molecule has 2 heterocycles. The Morgan fingerprint density at radius 2 is 1.69 bits per heavy atom. The van der Waals surface area contributed by atoms with Crippen molar-refractivity contribution < 1.29 is 14.0 Å². The van der Waals surface area contributed by atoms with Crippen LogP contribution < -0.4 is 4.90 Å². The SMILES string of the molecule is O=C([C@H]1CC(c2ccc(F)cc2)=NO1)N1CCN(c2ccccc2)CC1. The van der Waals surface area contributed by atoms with Crippen LogP contribution in [0.3, 0.4) is 0 Å². The summed E-state index contributed by atoms with van der Waals surface area (Å²) >= 11 is 0. The van der Waals surface area contributed by atoms with Crippen molar-refractivity contribution in [2.75, 3.05) is 31.1 Å². The summed E-state index contributed by atoms with van der Waals surface area (Å²) in [5.41, 5.74) is 2.65. The van der Waals surface area contributed by atoms with Gasteiger partial charge in [-0.3, -0.25) is 4.79 Å². The number of anilines is 1. The Morgan fingerprint density at radius 3 is 2.38 bits per heavy atom. The highest BCUT2D eigenvalue weighted by atomic mass is 19.1. The summed E-state index contributed by atoms with van der Waals surface area (Å²) < 4.78 is 13.0. The molecule has 0 unspecified atom stereocenters. The van der Waals surface area contributed by atoms with Gasteiger partial charge in [0.15, 0.2) is 0 Å². The maximum absolute atomic E-state index is 13.0. The number of amides is 1. The average molecular weight is 353 g/mol. The number of nitrogens with zero attached hydrogens (tertiary/aromatic N) is 3. The van der Waals surface area contributed by atoms with Crippen LogP contribution in [-0.2, 0) is 9.63 Å². The quantitative estimate of drug-likeness (QED) is 0.852. The summed E-state index contributed by atoms with van der Waals surface area (Å²) in [4.78, 5) is 22.2. The van der Waals surface area contributed by atoms with Crippen molar-refractivity contribution in [1.29, 1.82) is 0 Å². The van der Waals surface area contributed by atoms with E-state index in [4.69, 9.17) is 4.84 Å². The number of hydrogen-bond donors (Lipinski definition) is 0. The molecule has 134 valence electrons. The molecule has 0 aromatic heterocycles. The van der Waals surface area contributed by atoms with E-state index >= 15 is 0 Å². The lowest BCUT2D eigenvalue weighted by Crippen LogP contribution is -2.51. The van der Waals surface area contributed by atoms with Gasteiger partial charge >= 0.3 is 0 Å². The number of halogens is 1. The zero-order valence-corrected chi connectivity index (χ0v) is 14.3. The van der Waals surface area contributed by atoms with Crippen LogP contribution in [0.15, 0.2) is 59.8 Å². The van der Waals surface area contributed by atoms with E-state index in [1.54, 1.807) is 12.1 Å². The molecule has 4 rings (SSSR count). The number of carbonyl (C=O) groups is 1. The van der Waals surface area contributed by atoms with Crippen molar-refractivity contribution >= 4 is 17.3 Å². The van der Waals surface area contributed by atoms with Crippen LogP contribution in [0.1, 0.15) is 12.0 Å². The molecule has 6 heteroatoms. The van der Waals surface area contributed by atoms with Gasteiger partial charge in [-0.1, -0.05) is 35.5 Å². The third kappa shape index (κ3) is 3.40. The lowest BCUT2D eigenvalue weighted by Gasteiger charge is -2.36. The molecule has 2 aromatic rings. The van der Waals surface area contributed by atoms with E-state index in [1.165, 1.54) is 17.8 Å². The molecule has 1 saturated heterocycles. The zero-order valence-electron chi connectivity index (χ0n) is 14.3. The molecule has 2 aromatic carbocycles. The maximum atomic E-state index is 13.0. The van der Waals surface area contributed by atoms with E-state index < -0.39 is 6.10 Å². The topological polar surface area (TPSA) is 45.1 Å². The lowest BCUT2D eigenvalue weighted by atomic mass is 10.0. The van der Waals surface area contributed by atoms with Crippen molar-refractivity contribution in [1.82, 2.24) is 4.90 Å². The van der Waals surface area contributed by atoms with E-state index in [-0.39, 0.29) is 11.7 Å². The van der Waals surface area contributed by atoms with Crippen LogP contribution in [0.25, 0.3) is 0 Å². The number of benzene rings is 2. The Morgan fingerprint density at radius 1 is 1.00 bits per heavy atom. The fraction of sp³-hybridized carbons (Fsp3) is 0.300. The van der Waals surface area contributed by atoms with Crippen LogP contribution in [0.5, 0.6) is 0 Å². The first-order valence-electron chi connectivity index (χ1n) is 8.78. The first-order chi connectivity index (χ1) is 12.7. The molecule has 0 spiro atoms. The summed E-state index contributed by atoms with van der Waals surface area (Å²) in [6.07, 6.45) is -0.165. The number of hydrogen-bond acceptors (Lipinski definition) is 4. The molecule has 1 fully saturated rings. The largest absolute Gasteiger partial charge is 0.382 e. The minimum atomic E-state index is -0.585. The highest BCUT2D eigenvalue weighted by molar-refractivity contribution is 6.04. The number of piperazine rings is 1. The molecule has 0 N–H and O–H groups in total. The van der Waals surface area contributed by atoms with Crippen molar-refractivity contribution in [3.8, 4) is 0 Å². The molecule has 2 aliphatic rings. The van der Waals surface area contributed by atoms with Crippen LogP contribution in [-0.4, -0.2) is 48.8 Å². The van der Waals surface area contributed by atoms with Crippen molar-refractivity contribution in [2.45, 2.75) is 12.5 Å². The van der Waals surface area contributed by atoms with Crippen molar-refractivity contribution in [3.63, 3.8) is 0 Å². The Balaban J connectivity index is 1.33. The first kappa shape index (κ1) is 16.6. The monoisotopic (exact) mass is 353 g/mol. The van der Waals surface area contributed by atoms with Crippen LogP contribution in [0.4, 0.5) is 10.1 Å². The van der Waals surface area contributed by atoms with Gasteiger partial charge in [0.05, 0.1) is 5.71 Å². The lowest BCUT2D eigenvalue weighted by molar-refractivity contribution is -0.142. The fourth-order valence-corrected chi connectivity index (χ4v) is 3.35.